The van der Waals surface area contributed by atoms with E-state index >= 15 is 0 Å². The Morgan fingerprint density at radius 3 is 2.22 bits per heavy atom. The van der Waals surface area contributed by atoms with Crippen LogP contribution >= 0.6 is 0 Å². The van der Waals surface area contributed by atoms with E-state index < -0.39 is 0 Å². The van der Waals surface area contributed by atoms with Gasteiger partial charge in [0, 0.05) is 45.0 Å². The third-order valence-electron chi connectivity index (χ3n) is 4.46. The third kappa shape index (κ3) is 6.16. The largest absolute Gasteiger partial charge is 0.339 e. The highest BCUT2D eigenvalue weighted by Crippen LogP contribution is 2.13. The molecule has 0 atom stereocenters. The summed E-state index contributed by atoms with van der Waals surface area (Å²) < 4.78 is 0. The van der Waals surface area contributed by atoms with Crippen LogP contribution in [0.25, 0.3) is 0 Å². The number of piperazine rings is 1. The average molecular weight is 318 g/mol. The number of anilines is 1. The van der Waals surface area contributed by atoms with Gasteiger partial charge in [-0.3, -0.25) is 4.79 Å². The van der Waals surface area contributed by atoms with Crippen LogP contribution in [0.5, 0.6) is 0 Å². The van der Waals surface area contributed by atoms with Crippen molar-refractivity contribution in [1.29, 1.82) is 0 Å². The van der Waals surface area contributed by atoms with E-state index in [4.69, 9.17) is 0 Å². The van der Waals surface area contributed by atoms with Gasteiger partial charge in [-0.1, -0.05) is 45.4 Å². The number of aromatic nitrogens is 2. The number of carbonyl (C=O) groups is 1. The lowest BCUT2D eigenvalue weighted by atomic mass is 10.1. The molecule has 1 saturated heterocycles. The molecule has 0 unspecified atom stereocenters. The summed E-state index contributed by atoms with van der Waals surface area (Å²) in [6, 6.07) is 1.82. The zero-order chi connectivity index (χ0) is 16.3. The number of carbonyl (C=O) groups excluding carboxylic acids is 1. The number of hydrogen-bond acceptors (Lipinski definition) is 4. The molecular weight excluding hydrogens is 288 g/mol. The highest BCUT2D eigenvalue weighted by Gasteiger charge is 2.21. The molecular formula is C18H30N4O. The van der Waals surface area contributed by atoms with E-state index in [-0.39, 0.29) is 0 Å². The highest BCUT2D eigenvalue weighted by molar-refractivity contribution is 5.76. The first-order valence-electron chi connectivity index (χ1n) is 9.11. The number of rotatable bonds is 9. The summed E-state index contributed by atoms with van der Waals surface area (Å²) in [5.41, 5.74) is 0. The Labute approximate surface area is 140 Å². The number of amides is 1. The van der Waals surface area contributed by atoms with Crippen molar-refractivity contribution in [2.45, 2.75) is 58.3 Å². The van der Waals surface area contributed by atoms with Gasteiger partial charge in [-0.05, 0) is 12.5 Å². The monoisotopic (exact) mass is 318 g/mol. The summed E-state index contributed by atoms with van der Waals surface area (Å²) in [7, 11) is 0. The molecule has 0 aliphatic carbocycles. The number of unbranched alkanes of at least 4 members (excludes halogenated alkanes) is 6. The van der Waals surface area contributed by atoms with E-state index in [1.165, 1.54) is 38.5 Å². The molecule has 1 aliphatic heterocycles. The molecule has 23 heavy (non-hydrogen) atoms. The van der Waals surface area contributed by atoms with Crippen molar-refractivity contribution in [3.05, 3.63) is 18.5 Å². The van der Waals surface area contributed by atoms with E-state index in [9.17, 15) is 4.79 Å². The lowest BCUT2D eigenvalue weighted by molar-refractivity contribution is -0.131. The predicted molar refractivity (Wildman–Crippen MR) is 93.4 cm³/mol. The highest BCUT2D eigenvalue weighted by atomic mass is 16.2. The first-order valence-corrected chi connectivity index (χ1v) is 9.11. The molecule has 2 heterocycles. The van der Waals surface area contributed by atoms with Crippen LogP contribution in [-0.2, 0) is 4.79 Å². The van der Waals surface area contributed by atoms with Gasteiger partial charge >= 0.3 is 0 Å². The van der Waals surface area contributed by atoms with Crippen LogP contribution < -0.4 is 4.90 Å². The molecule has 1 aliphatic rings. The van der Waals surface area contributed by atoms with Gasteiger partial charge in [0.2, 0.25) is 11.9 Å². The van der Waals surface area contributed by atoms with E-state index in [2.05, 4.69) is 21.8 Å². The van der Waals surface area contributed by atoms with Gasteiger partial charge in [0.1, 0.15) is 0 Å². The van der Waals surface area contributed by atoms with E-state index in [0.29, 0.717) is 12.3 Å². The van der Waals surface area contributed by atoms with Crippen molar-refractivity contribution in [3.8, 4) is 0 Å². The fourth-order valence-corrected chi connectivity index (χ4v) is 3.00. The second-order valence-electron chi connectivity index (χ2n) is 6.29. The lowest BCUT2D eigenvalue weighted by Crippen LogP contribution is -2.49. The lowest BCUT2D eigenvalue weighted by Gasteiger charge is -2.34. The minimum absolute atomic E-state index is 0.312. The Bertz CT molecular complexity index is 444. The molecule has 1 aromatic heterocycles. The Morgan fingerprint density at radius 1 is 0.957 bits per heavy atom. The first kappa shape index (κ1) is 17.7. The van der Waals surface area contributed by atoms with Crippen molar-refractivity contribution in [2.24, 2.45) is 0 Å². The van der Waals surface area contributed by atoms with E-state index in [0.717, 1.165) is 38.5 Å². The first-order chi connectivity index (χ1) is 11.3. The zero-order valence-electron chi connectivity index (χ0n) is 14.4. The average Bonchev–Trinajstić information content (AvgIpc) is 2.61. The molecule has 0 aromatic carbocycles. The van der Waals surface area contributed by atoms with Crippen LogP contribution in [0.1, 0.15) is 58.3 Å². The van der Waals surface area contributed by atoms with Crippen molar-refractivity contribution < 1.29 is 4.79 Å². The summed E-state index contributed by atoms with van der Waals surface area (Å²) >= 11 is 0. The topological polar surface area (TPSA) is 49.3 Å². The molecule has 0 N–H and O–H groups in total. The summed E-state index contributed by atoms with van der Waals surface area (Å²) in [6.45, 7) is 5.46. The minimum atomic E-state index is 0.312. The standard InChI is InChI=1S/C18H30N4O/c1-2-3-4-5-6-7-8-10-17(23)21-13-15-22(16-14-21)18-19-11-9-12-20-18/h9,11-12H,2-8,10,13-16H2,1H3. The Balaban J connectivity index is 1.58. The molecule has 2 rings (SSSR count). The van der Waals surface area contributed by atoms with Gasteiger partial charge in [-0.2, -0.15) is 0 Å². The smallest absolute Gasteiger partial charge is 0.225 e. The molecule has 0 bridgehead atoms. The third-order valence-corrected chi connectivity index (χ3v) is 4.46. The zero-order valence-corrected chi connectivity index (χ0v) is 14.4. The van der Waals surface area contributed by atoms with Crippen molar-refractivity contribution in [3.63, 3.8) is 0 Å². The Morgan fingerprint density at radius 2 is 1.57 bits per heavy atom. The summed E-state index contributed by atoms with van der Waals surface area (Å²) in [5.74, 6) is 1.08. The molecule has 5 nitrogen and oxygen atoms in total. The SMILES string of the molecule is CCCCCCCCCC(=O)N1CCN(c2ncccn2)CC1. The van der Waals surface area contributed by atoms with E-state index in [1.54, 1.807) is 12.4 Å². The summed E-state index contributed by atoms with van der Waals surface area (Å²) in [5, 5.41) is 0. The molecule has 0 radical (unpaired) electrons. The van der Waals surface area contributed by atoms with Gasteiger partial charge in [-0.25, -0.2) is 9.97 Å². The minimum Gasteiger partial charge on any atom is -0.339 e. The summed E-state index contributed by atoms with van der Waals surface area (Å²) in [6.07, 6.45) is 13.0. The van der Waals surface area contributed by atoms with Crippen molar-refractivity contribution in [2.75, 3.05) is 31.1 Å². The molecule has 0 spiro atoms. The second-order valence-corrected chi connectivity index (χ2v) is 6.29. The quantitative estimate of drug-likeness (QED) is 0.656. The maximum Gasteiger partial charge on any atom is 0.225 e. The normalized spacial score (nSPS) is 15.0. The molecule has 1 fully saturated rings. The second kappa shape index (κ2) is 10.2. The molecule has 1 amide bonds. The van der Waals surface area contributed by atoms with Gasteiger partial charge in [-0.15, -0.1) is 0 Å². The Hall–Kier alpha value is -1.65. The van der Waals surface area contributed by atoms with Crippen LogP contribution in [0.15, 0.2) is 18.5 Å². The van der Waals surface area contributed by atoms with Crippen LogP contribution in [0.2, 0.25) is 0 Å². The Kier molecular flexibility index (Phi) is 7.84. The van der Waals surface area contributed by atoms with Gasteiger partial charge in [0.05, 0.1) is 0 Å². The van der Waals surface area contributed by atoms with Crippen LogP contribution in [-0.4, -0.2) is 47.0 Å². The molecule has 5 heteroatoms. The van der Waals surface area contributed by atoms with Crippen LogP contribution in [0.4, 0.5) is 5.95 Å². The van der Waals surface area contributed by atoms with E-state index in [1.807, 2.05) is 11.0 Å². The predicted octanol–water partition coefficient (Wildman–Crippen LogP) is 3.27. The maximum absolute atomic E-state index is 12.3. The molecule has 128 valence electrons. The summed E-state index contributed by atoms with van der Waals surface area (Å²) in [4.78, 5) is 24.9. The number of nitrogens with zero attached hydrogens (tertiary/aromatic N) is 4. The van der Waals surface area contributed by atoms with Crippen LogP contribution in [0.3, 0.4) is 0 Å². The van der Waals surface area contributed by atoms with Gasteiger partial charge in [0.25, 0.3) is 0 Å². The van der Waals surface area contributed by atoms with Crippen molar-refractivity contribution >= 4 is 11.9 Å². The molecule has 0 saturated carbocycles. The fourth-order valence-electron chi connectivity index (χ4n) is 3.00. The fraction of sp³-hybridized carbons (Fsp3) is 0.722. The maximum atomic E-state index is 12.3. The van der Waals surface area contributed by atoms with Crippen molar-refractivity contribution in [1.82, 2.24) is 14.9 Å². The van der Waals surface area contributed by atoms with Gasteiger partial charge < -0.3 is 9.80 Å². The number of hydrogen-bond donors (Lipinski definition) is 0. The van der Waals surface area contributed by atoms with Gasteiger partial charge in [0.15, 0.2) is 0 Å². The van der Waals surface area contributed by atoms with Crippen LogP contribution in [0, 0.1) is 0 Å². The molecule has 1 aromatic rings.